The highest BCUT2D eigenvalue weighted by Gasteiger charge is 2.48. The van der Waals surface area contributed by atoms with E-state index >= 15 is 0 Å². The van der Waals surface area contributed by atoms with Gasteiger partial charge in [0.05, 0.1) is 12.2 Å². The summed E-state index contributed by atoms with van der Waals surface area (Å²) in [5.74, 6) is -0.321. The number of aliphatic hydroxyl groups is 5. The Morgan fingerprint density at radius 1 is 1.04 bits per heavy atom. The Kier molecular flexibility index (Phi) is 6.43. The third-order valence-electron chi connectivity index (χ3n) is 6.00. The van der Waals surface area contributed by atoms with Crippen LogP contribution in [-0.2, 0) is 20.6 Å². The molecular formula is C20H30O8. The molecule has 1 aromatic rings. The lowest BCUT2D eigenvalue weighted by Gasteiger charge is -2.41. The standard InChI is InChI=1S/C20H30O8/c1-8-7-12-13(9(2)11(8)5-6-21)18(10(3)14(12)22)27-20-17(25)15(23)16(24)19(26-4)28-20/h7,10,14-25H,5-6H2,1-4H3. The van der Waals surface area contributed by atoms with Crippen LogP contribution >= 0.6 is 0 Å². The predicted molar refractivity (Wildman–Crippen MR) is 98.3 cm³/mol. The summed E-state index contributed by atoms with van der Waals surface area (Å²) >= 11 is 0. The highest BCUT2D eigenvalue weighted by Crippen LogP contribution is 2.49. The van der Waals surface area contributed by atoms with Crippen LogP contribution < -0.4 is 0 Å². The van der Waals surface area contributed by atoms with E-state index in [-0.39, 0.29) is 12.5 Å². The summed E-state index contributed by atoms with van der Waals surface area (Å²) in [5, 5.41) is 50.5. The van der Waals surface area contributed by atoms with Crippen LogP contribution in [0.25, 0.3) is 0 Å². The number of aryl methyl sites for hydroxylation is 1. The maximum atomic E-state index is 10.7. The minimum Gasteiger partial charge on any atom is -0.396 e. The van der Waals surface area contributed by atoms with Gasteiger partial charge in [-0.1, -0.05) is 13.0 Å². The van der Waals surface area contributed by atoms with E-state index in [4.69, 9.17) is 14.2 Å². The number of rotatable bonds is 5. The number of hydrogen-bond acceptors (Lipinski definition) is 8. The Labute approximate surface area is 164 Å². The maximum Gasteiger partial charge on any atom is 0.189 e. The Bertz CT molecular complexity index is 706. The third-order valence-corrected chi connectivity index (χ3v) is 6.00. The lowest BCUT2D eigenvalue weighted by atomic mass is 9.91. The fourth-order valence-corrected chi connectivity index (χ4v) is 4.36. The Morgan fingerprint density at radius 2 is 1.68 bits per heavy atom. The summed E-state index contributed by atoms with van der Waals surface area (Å²) in [4.78, 5) is 0. The molecule has 28 heavy (non-hydrogen) atoms. The van der Waals surface area contributed by atoms with Gasteiger partial charge in [-0.15, -0.1) is 0 Å². The molecule has 8 atom stereocenters. The number of aliphatic hydroxyl groups excluding tert-OH is 5. The van der Waals surface area contributed by atoms with Gasteiger partial charge < -0.3 is 39.7 Å². The van der Waals surface area contributed by atoms with Gasteiger partial charge in [0.1, 0.15) is 18.3 Å². The van der Waals surface area contributed by atoms with Crippen molar-refractivity contribution in [2.45, 2.75) is 70.3 Å². The third kappa shape index (κ3) is 3.48. The molecule has 1 aromatic carbocycles. The second-order valence-electron chi connectivity index (χ2n) is 7.71. The minimum atomic E-state index is -1.49. The first kappa shape index (κ1) is 21.6. The molecule has 0 radical (unpaired) electrons. The first-order valence-electron chi connectivity index (χ1n) is 9.52. The van der Waals surface area contributed by atoms with E-state index in [1.807, 2.05) is 26.8 Å². The fraction of sp³-hybridized carbons (Fsp3) is 0.700. The highest BCUT2D eigenvalue weighted by molar-refractivity contribution is 5.50. The molecule has 8 unspecified atom stereocenters. The summed E-state index contributed by atoms with van der Waals surface area (Å²) in [6.07, 6.45) is -7.62. The molecule has 5 N–H and O–H groups in total. The first-order valence-corrected chi connectivity index (χ1v) is 9.52. The normalized spacial score (nSPS) is 37.9. The lowest BCUT2D eigenvalue weighted by molar-refractivity contribution is -0.356. The van der Waals surface area contributed by atoms with Gasteiger partial charge in [0, 0.05) is 19.6 Å². The Balaban J connectivity index is 1.95. The van der Waals surface area contributed by atoms with Gasteiger partial charge in [0.25, 0.3) is 0 Å². The van der Waals surface area contributed by atoms with Gasteiger partial charge in [-0.05, 0) is 48.1 Å². The van der Waals surface area contributed by atoms with Gasteiger partial charge >= 0.3 is 0 Å². The average molecular weight is 398 g/mol. The van der Waals surface area contributed by atoms with Gasteiger partial charge in [-0.2, -0.15) is 0 Å². The van der Waals surface area contributed by atoms with Crippen molar-refractivity contribution in [2.75, 3.05) is 13.7 Å². The molecule has 1 aliphatic heterocycles. The van der Waals surface area contributed by atoms with Crippen LogP contribution in [0.3, 0.4) is 0 Å². The minimum absolute atomic E-state index is 0.00808. The molecule has 0 amide bonds. The van der Waals surface area contributed by atoms with Crippen LogP contribution in [0, 0.1) is 19.8 Å². The van der Waals surface area contributed by atoms with E-state index in [2.05, 4.69) is 0 Å². The number of fused-ring (bicyclic) bond motifs is 1. The van der Waals surface area contributed by atoms with Gasteiger partial charge in [0.15, 0.2) is 12.6 Å². The van der Waals surface area contributed by atoms with E-state index in [0.717, 1.165) is 27.8 Å². The summed E-state index contributed by atoms with van der Waals surface area (Å²) in [7, 11) is 1.32. The summed E-state index contributed by atoms with van der Waals surface area (Å²) in [6.45, 7) is 5.71. The van der Waals surface area contributed by atoms with Crippen molar-refractivity contribution >= 4 is 0 Å². The molecule has 3 rings (SSSR count). The van der Waals surface area contributed by atoms with E-state index in [0.29, 0.717) is 6.42 Å². The maximum absolute atomic E-state index is 10.7. The lowest BCUT2D eigenvalue weighted by Crippen LogP contribution is -2.58. The number of methoxy groups -OCH3 is 1. The molecule has 8 nitrogen and oxygen atoms in total. The van der Waals surface area contributed by atoms with Crippen molar-refractivity contribution in [1.82, 2.24) is 0 Å². The SMILES string of the molecule is COC1OC(OC2c3c(cc(C)c(CCO)c3C)C(O)C2C)C(O)C(O)C1O. The number of hydrogen-bond donors (Lipinski definition) is 5. The number of ether oxygens (including phenoxy) is 3. The van der Waals surface area contributed by atoms with Crippen LogP contribution in [0.5, 0.6) is 0 Å². The molecule has 0 bridgehead atoms. The molecule has 1 fully saturated rings. The second kappa shape index (κ2) is 8.33. The van der Waals surface area contributed by atoms with Crippen LogP contribution in [0.2, 0.25) is 0 Å². The van der Waals surface area contributed by atoms with Crippen molar-refractivity contribution < 1.29 is 39.7 Å². The monoisotopic (exact) mass is 398 g/mol. The van der Waals surface area contributed by atoms with Crippen molar-refractivity contribution in [3.05, 3.63) is 33.9 Å². The topological polar surface area (TPSA) is 129 Å². The molecule has 0 spiro atoms. The van der Waals surface area contributed by atoms with Gasteiger partial charge in [-0.3, -0.25) is 0 Å². The summed E-state index contributed by atoms with van der Waals surface area (Å²) < 4.78 is 16.6. The molecule has 0 aromatic heterocycles. The summed E-state index contributed by atoms with van der Waals surface area (Å²) in [6, 6.07) is 1.91. The van der Waals surface area contributed by atoms with E-state index in [9.17, 15) is 25.5 Å². The zero-order valence-electron chi connectivity index (χ0n) is 16.6. The van der Waals surface area contributed by atoms with Crippen molar-refractivity contribution in [3.63, 3.8) is 0 Å². The predicted octanol–water partition coefficient (Wildman–Crippen LogP) is -0.00946. The van der Waals surface area contributed by atoms with Gasteiger partial charge in [0.2, 0.25) is 0 Å². The van der Waals surface area contributed by atoms with Crippen molar-refractivity contribution in [2.24, 2.45) is 5.92 Å². The Hall–Kier alpha value is -1.10. The molecule has 1 heterocycles. The molecule has 0 saturated carbocycles. The van der Waals surface area contributed by atoms with Crippen LogP contribution in [0.4, 0.5) is 0 Å². The molecular weight excluding hydrogens is 368 g/mol. The molecule has 1 saturated heterocycles. The fourth-order valence-electron chi connectivity index (χ4n) is 4.36. The van der Waals surface area contributed by atoms with E-state index in [1.54, 1.807) is 0 Å². The smallest absolute Gasteiger partial charge is 0.189 e. The number of benzene rings is 1. The summed E-state index contributed by atoms with van der Waals surface area (Å²) in [5.41, 5.74) is 4.46. The van der Waals surface area contributed by atoms with Crippen LogP contribution in [0.15, 0.2) is 6.07 Å². The van der Waals surface area contributed by atoms with Crippen molar-refractivity contribution in [1.29, 1.82) is 0 Å². The molecule has 1 aliphatic carbocycles. The first-order chi connectivity index (χ1) is 13.2. The van der Waals surface area contributed by atoms with E-state index < -0.39 is 43.1 Å². The Morgan fingerprint density at radius 3 is 2.29 bits per heavy atom. The van der Waals surface area contributed by atoms with Gasteiger partial charge in [-0.25, -0.2) is 0 Å². The second-order valence-corrected chi connectivity index (χ2v) is 7.71. The quantitative estimate of drug-likeness (QED) is 0.468. The largest absolute Gasteiger partial charge is 0.396 e. The average Bonchev–Trinajstić information content (AvgIpc) is 2.90. The van der Waals surface area contributed by atoms with Crippen LogP contribution in [0.1, 0.15) is 46.9 Å². The zero-order valence-corrected chi connectivity index (χ0v) is 16.6. The van der Waals surface area contributed by atoms with Crippen molar-refractivity contribution in [3.8, 4) is 0 Å². The molecule has 8 heteroatoms. The van der Waals surface area contributed by atoms with E-state index in [1.165, 1.54) is 7.11 Å². The zero-order chi connectivity index (χ0) is 20.7. The van der Waals surface area contributed by atoms with Crippen LogP contribution in [-0.4, -0.2) is 70.1 Å². The molecule has 158 valence electrons. The molecule has 2 aliphatic rings. The highest BCUT2D eigenvalue weighted by atomic mass is 16.8.